The largest absolute Gasteiger partial charge is 0.416 e. The average molecular weight is 397 g/mol. The summed E-state index contributed by atoms with van der Waals surface area (Å²) in [5, 5.41) is 7.95. The summed E-state index contributed by atoms with van der Waals surface area (Å²) < 4.78 is 38.5. The number of aromatic amines is 2. The predicted octanol–water partition coefficient (Wildman–Crippen LogP) is 5.95. The molecule has 0 saturated carbocycles. The standard InChI is InChI=1S/C17H9Cl2F3N4/c18-10-3-8(4-11(19)6-10)13-7-15(26-25-13)16-23-12-2-1-9(17(20,21)22)5-14(12)24-16/h1-7H,(H,23,24)(H,25,26). The van der Waals surface area contributed by atoms with Crippen LogP contribution in [-0.2, 0) is 6.18 Å². The van der Waals surface area contributed by atoms with Crippen molar-refractivity contribution < 1.29 is 13.2 Å². The van der Waals surface area contributed by atoms with Crippen molar-refractivity contribution in [3.8, 4) is 22.8 Å². The zero-order valence-electron chi connectivity index (χ0n) is 12.8. The van der Waals surface area contributed by atoms with Crippen molar-refractivity contribution in [3.63, 3.8) is 0 Å². The van der Waals surface area contributed by atoms with E-state index in [1.54, 1.807) is 24.3 Å². The quantitative estimate of drug-likeness (QED) is 0.440. The van der Waals surface area contributed by atoms with Crippen molar-refractivity contribution in [3.05, 3.63) is 58.1 Å². The molecular formula is C17H9Cl2F3N4. The van der Waals surface area contributed by atoms with E-state index in [9.17, 15) is 13.2 Å². The molecule has 0 fully saturated rings. The number of imidazole rings is 1. The molecule has 0 aliphatic heterocycles. The molecule has 26 heavy (non-hydrogen) atoms. The van der Waals surface area contributed by atoms with E-state index in [-0.39, 0.29) is 5.52 Å². The second kappa shape index (κ2) is 6.03. The fourth-order valence-electron chi connectivity index (χ4n) is 2.61. The number of H-pyrrole nitrogens is 2. The molecule has 2 heterocycles. The van der Waals surface area contributed by atoms with Gasteiger partial charge in [-0.25, -0.2) is 4.98 Å². The minimum absolute atomic E-state index is 0.289. The Morgan fingerprint density at radius 2 is 1.65 bits per heavy atom. The lowest BCUT2D eigenvalue weighted by Gasteiger charge is -2.05. The van der Waals surface area contributed by atoms with Crippen LogP contribution in [0.3, 0.4) is 0 Å². The molecule has 9 heteroatoms. The molecule has 132 valence electrons. The monoisotopic (exact) mass is 396 g/mol. The maximum Gasteiger partial charge on any atom is 0.416 e. The molecule has 4 rings (SSSR count). The average Bonchev–Trinajstić information content (AvgIpc) is 3.19. The summed E-state index contributed by atoms with van der Waals surface area (Å²) in [5.74, 6) is 0.381. The normalized spacial score (nSPS) is 12.0. The number of hydrogen-bond donors (Lipinski definition) is 2. The molecule has 0 atom stereocenters. The van der Waals surface area contributed by atoms with Crippen LogP contribution in [0.4, 0.5) is 13.2 Å². The maximum atomic E-state index is 12.8. The van der Waals surface area contributed by atoms with Crippen LogP contribution in [-0.4, -0.2) is 20.2 Å². The summed E-state index contributed by atoms with van der Waals surface area (Å²) in [4.78, 5) is 7.18. The van der Waals surface area contributed by atoms with Crippen molar-refractivity contribution in [2.75, 3.05) is 0 Å². The second-order valence-electron chi connectivity index (χ2n) is 5.64. The second-order valence-corrected chi connectivity index (χ2v) is 6.51. The number of rotatable bonds is 2. The molecule has 0 aliphatic carbocycles. The van der Waals surface area contributed by atoms with Crippen molar-refractivity contribution in [2.45, 2.75) is 6.18 Å². The molecule has 0 unspecified atom stereocenters. The molecule has 2 aromatic carbocycles. The predicted molar refractivity (Wildman–Crippen MR) is 94.1 cm³/mol. The van der Waals surface area contributed by atoms with Crippen LogP contribution in [0.15, 0.2) is 42.5 Å². The molecule has 2 N–H and O–H groups in total. The van der Waals surface area contributed by atoms with Crippen molar-refractivity contribution >= 4 is 34.2 Å². The van der Waals surface area contributed by atoms with Gasteiger partial charge in [0.05, 0.1) is 22.3 Å². The molecule has 0 amide bonds. The summed E-state index contributed by atoms with van der Waals surface area (Å²) in [6.07, 6.45) is -4.41. The van der Waals surface area contributed by atoms with Gasteiger partial charge in [0.1, 0.15) is 5.69 Å². The zero-order valence-corrected chi connectivity index (χ0v) is 14.3. The van der Waals surface area contributed by atoms with E-state index in [0.29, 0.717) is 38.3 Å². The fraction of sp³-hybridized carbons (Fsp3) is 0.0588. The van der Waals surface area contributed by atoms with Gasteiger partial charge in [0.2, 0.25) is 0 Å². The molecule has 2 aromatic heterocycles. The highest BCUT2D eigenvalue weighted by molar-refractivity contribution is 6.35. The van der Waals surface area contributed by atoms with E-state index >= 15 is 0 Å². The van der Waals surface area contributed by atoms with Crippen LogP contribution in [0.1, 0.15) is 5.56 Å². The Bertz CT molecular complexity index is 1090. The van der Waals surface area contributed by atoms with Crippen LogP contribution in [0.25, 0.3) is 33.8 Å². The molecule has 0 radical (unpaired) electrons. The van der Waals surface area contributed by atoms with Gasteiger partial charge in [-0.05, 0) is 42.5 Å². The lowest BCUT2D eigenvalue weighted by molar-refractivity contribution is -0.137. The molecule has 0 aliphatic rings. The minimum atomic E-state index is -4.41. The van der Waals surface area contributed by atoms with E-state index < -0.39 is 11.7 Å². The van der Waals surface area contributed by atoms with Gasteiger partial charge in [0.25, 0.3) is 0 Å². The van der Waals surface area contributed by atoms with Gasteiger partial charge < -0.3 is 4.98 Å². The summed E-state index contributed by atoms with van der Waals surface area (Å²) in [6, 6.07) is 10.1. The Hall–Kier alpha value is -2.51. The third-order valence-corrected chi connectivity index (χ3v) is 4.24. The number of alkyl halides is 3. The number of hydrogen-bond acceptors (Lipinski definition) is 2. The van der Waals surface area contributed by atoms with Gasteiger partial charge in [-0.1, -0.05) is 23.2 Å². The van der Waals surface area contributed by atoms with Crippen molar-refractivity contribution in [2.24, 2.45) is 0 Å². The summed E-state index contributed by atoms with van der Waals surface area (Å²) >= 11 is 12.0. The topological polar surface area (TPSA) is 57.4 Å². The molecule has 0 saturated heterocycles. The first-order valence-corrected chi connectivity index (χ1v) is 8.14. The van der Waals surface area contributed by atoms with Crippen molar-refractivity contribution in [1.29, 1.82) is 0 Å². The number of nitrogens with one attached hydrogen (secondary N) is 2. The molecule has 0 spiro atoms. The highest BCUT2D eigenvalue weighted by Gasteiger charge is 2.30. The number of fused-ring (bicyclic) bond motifs is 1. The Morgan fingerprint density at radius 1 is 0.923 bits per heavy atom. The third kappa shape index (κ3) is 3.15. The summed E-state index contributed by atoms with van der Waals surface area (Å²) in [7, 11) is 0. The van der Waals surface area contributed by atoms with Crippen LogP contribution in [0, 0.1) is 0 Å². The lowest BCUT2D eigenvalue weighted by atomic mass is 10.1. The Labute approximate surface area is 155 Å². The first-order valence-electron chi connectivity index (χ1n) is 7.39. The number of aromatic nitrogens is 4. The van der Waals surface area contributed by atoms with Gasteiger partial charge in [0.15, 0.2) is 5.82 Å². The maximum absolute atomic E-state index is 12.8. The van der Waals surface area contributed by atoms with Gasteiger partial charge in [0, 0.05) is 15.6 Å². The zero-order chi connectivity index (χ0) is 18.5. The first-order chi connectivity index (χ1) is 12.3. The SMILES string of the molecule is FC(F)(F)c1ccc2nc(-c3cc(-c4cc(Cl)cc(Cl)c4)n[nH]3)[nH]c2c1. The van der Waals surface area contributed by atoms with Crippen LogP contribution >= 0.6 is 23.2 Å². The summed E-state index contributed by atoms with van der Waals surface area (Å²) in [6.45, 7) is 0. The van der Waals surface area contributed by atoms with E-state index in [1.165, 1.54) is 6.07 Å². The lowest BCUT2D eigenvalue weighted by Crippen LogP contribution is -2.04. The number of benzene rings is 2. The van der Waals surface area contributed by atoms with Crippen LogP contribution in [0.5, 0.6) is 0 Å². The van der Waals surface area contributed by atoms with Gasteiger partial charge in [-0.2, -0.15) is 18.3 Å². The Morgan fingerprint density at radius 3 is 2.35 bits per heavy atom. The van der Waals surface area contributed by atoms with Crippen LogP contribution < -0.4 is 0 Å². The highest BCUT2D eigenvalue weighted by Crippen LogP contribution is 2.32. The Balaban J connectivity index is 1.73. The van der Waals surface area contributed by atoms with E-state index in [1.807, 2.05) is 0 Å². The fourth-order valence-corrected chi connectivity index (χ4v) is 3.13. The van der Waals surface area contributed by atoms with Crippen molar-refractivity contribution in [1.82, 2.24) is 20.2 Å². The molecule has 0 bridgehead atoms. The highest BCUT2D eigenvalue weighted by atomic mass is 35.5. The summed E-state index contributed by atoms with van der Waals surface area (Å²) in [5.41, 5.74) is 1.80. The smallest absolute Gasteiger partial charge is 0.337 e. The van der Waals surface area contributed by atoms with E-state index in [0.717, 1.165) is 12.1 Å². The molecule has 4 nitrogen and oxygen atoms in total. The molecule has 4 aromatic rings. The number of halogens is 5. The van der Waals surface area contributed by atoms with Gasteiger partial charge in [-0.15, -0.1) is 0 Å². The Kier molecular flexibility index (Phi) is 3.93. The number of nitrogens with zero attached hydrogens (tertiary/aromatic N) is 2. The third-order valence-electron chi connectivity index (χ3n) is 3.80. The molecular weight excluding hydrogens is 388 g/mol. The van der Waals surface area contributed by atoms with Gasteiger partial charge >= 0.3 is 6.18 Å². The van der Waals surface area contributed by atoms with E-state index in [4.69, 9.17) is 23.2 Å². The first kappa shape index (κ1) is 16.9. The van der Waals surface area contributed by atoms with E-state index in [2.05, 4.69) is 20.2 Å². The van der Waals surface area contributed by atoms with Gasteiger partial charge in [-0.3, -0.25) is 5.10 Å². The van der Waals surface area contributed by atoms with Crippen LogP contribution in [0.2, 0.25) is 10.0 Å². The minimum Gasteiger partial charge on any atom is -0.337 e.